The Hall–Kier alpha value is -4.23. The fourth-order valence-corrected chi connectivity index (χ4v) is 6.04. The van der Waals surface area contributed by atoms with Gasteiger partial charge in [-0.3, -0.25) is 4.79 Å². The second-order valence-corrected chi connectivity index (χ2v) is 10.6. The van der Waals surface area contributed by atoms with Crippen molar-refractivity contribution in [2.45, 2.75) is 32.3 Å². The summed E-state index contributed by atoms with van der Waals surface area (Å²) >= 11 is 1.68. The third-order valence-electron chi connectivity index (χ3n) is 7.17. The lowest BCUT2D eigenvalue weighted by atomic mass is 9.96. The number of hydrogen-bond acceptors (Lipinski definition) is 6. The van der Waals surface area contributed by atoms with Crippen LogP contribution in [0.4, 0.5) is 0 Å². The van der Waals surface area contributed by atoms with Crippen LogP contribution in [0.15, 0.2) is 94.8 Å². The van der Waals surface area contributed by atoms with Gasteiger partial charge in [0.15, 0.2) is 0 Å². The molecule has 1 amide bonds. The Labute approximate surface area is 231 Å². The van der Waals surface area contributed by atoms with Gasteiger partial charge in [0.25, 0.3) is 5.91 Å². The van der Waals surface area contributed by atoms with Gasteiger partial charge in [-0.25, -0.2) is 4.98 Å². The second-order valence-electron chi connectivity index (χ2n) is 9.74. The van der Waals surface area contributed by atoms with Gasteiger partial charge in [0.05, 0.1) is 21.8 Å². The highest BCUT2D eigenvalue weighted by Crippen LogP contribution is 2.38. The summed E-state index contributed by atoms with van der Waals surface area (Å²) in [7, 11) is 0. The third kappa shape index (κ3) is 5.36. The molecule has 0 aliphatic carbocycles. The first-order chi connectivity index (χ1) is 19.2. The lowest BCUT2D eigenvalue weighted by molar-refractivity contribution is 0.0708. The maximum Gasteiger partial charge on any atom is 0.257 e. The summed E-state index contributed by atoms with van der Waals surface area (Å²) in [6, 6.07) is 27.6. The molecule has 7 heteroatoms. The topological polar surface area (TPSA) is 68.5 Å². The van der Waals surface area contributed by atoms with Crippen LogP contribution in [0.1, 0.15) is 45.4 Å². The van der Waals surface area contributed by atoms with E-state index in [1.165, 1.54) is 0 Å². The summed E-state index contributed by atoms with van der Waals surface area (Å²) in [5.74, 6) is 1.72. The van der Waals surface area contributed by atoms with Gasteiger partial charge in [0.1, 0.15) is 23.8 Å². The molecular weight excluding hydrogens is 506 g/mol. The number of aromatic nitrogens is 2. The average Bonchev–Trinajstić information content (AvgIpc) is 3.64. The van der Waals surface area contributed by atoms with Crippen molar-refractivity contribution in [1.82, 2.24) is 15.0 Å². The Kier molecular flexibility index (Phi) is 7.23. The van der Waals surface area contributed by atoms with Crippen LogP contribution in [0, 0.1) is 6.92 Å². The summed E-state index contributed by atoms with van der Waals surface area (Å²) in [5.41, 5.74) is 5.36. The highest BCUT2D eigenvalue weighted by Gasteiger charge is 2.28. The van der Waals surface area contributed by atoms with Gasteiger partial charge in [-0.2, -0.15) is 0 Å². The summed E-state index contributed by atoms with van der Waals surface area (Å²) in [6.07, 6.45) is 1.75. The fourth-order valence-electron chi connectivity index (χ4n) is 5.06. The van der Waals surface area contributed by atoms with Crippen molar-refractivity contribution in [2.75, 3.05) is 13.1 Å². The number of nitrogens with zero attached hydrogens (tertiary/aromatic N) is 3. The van der Waals surface area contributed by atoms with Crippen molar-refractivity contribution in [3.63, 3.8) is 0 Å². The number of thiazole rings is 1. The lowest BCUT2D eigenvalue weighted by Crippen LogP contribution is -2.38. The number of likely N-dealkylation sites (tertiary alicyclic amines) is 1. The molecule has 0 N–H and O–H groups in total. The number of para-hydroxylation sites is 1. The van der Waals surface area contributed by atoms with Crippen LogP contribution in [-0.4, -0.2) is 34.0 Å². The molecule has 0 atom stereocenters. The molecule has 3 heterocycles. The molecule has 1 aliphatic rings. The van der Waals surface area contributed by atoms with Crippen LogP contribution in [-0.2, 0) is 6.61 Å². The molecule has 1 fully saturated rings. The van der Waals surface area contributed by atoms with Crippen LogP contribution in [0.25, 0.3) is 22.5 Å². The molecule has 2 aromatic heterocycles. The smallest absolute Gasteiger partial charge is 0.257 e. The second kappa shape index (κ2) is 11.3. The molecule has 196 valence electrons. The van der Waals surface area contributed by atoms with E-state index in [4.69, 9.17) is 14.2 Å². The summed E-state index contributed by atoms with van der Waals surface area (Å²) in [6.45, 7) is 3.73. The molecule has 0 spiro atoms. The van der Waals surface area contributed by atoms with Crippen molar-refractivity contribution >= 4 is 17.2 Å². The largest absolute Gasteiger partial charge is 0.488 e. The first-order valence-corrected chi connectivity index (χ1v) is 14.1. The number of ether oxygens (including phenoxy) is 1. The van der Waals surface area contributed by atoms with E-state index in [-0.39, 0.29) is 5.91 Å². The van der Waals surface area contributed by atoms with Crippen LogP contribution < -0.4 is 4.74 Å². The van der Waals surface area contributed by atoms with E-state index in [0.717, 1.165) is 51.7 Å². The Bertz CT molecular complexity index is 1550. The molecule has 6 nitrogen and oxygen atoms in total. The third-order valence-corrected chi connectivity index (χ3v) is 8.18. The van der Waals surface area contributed by atoms with E-state index in [9.17, 15) is 4.79 Å². The maximum absolute atomic E-state index is 13.5. The number of aryl methyl sites for hydroxylation is 1. The fraction of sp³-hybridized carbons (Fsp3) is 0.219. The number of carbonyl (C=O) groups excluding carboxylic acids is 1. The highest BCUT2D eigenvalue weighted by atomic mass is 32.1. The van der Waals surface area contributed by atoms with E-state index < -0.39 is 0 Å². The molecule has 0 bridgehead atoms. The van der Waals surface area contributed by atoms with Crippen LogP contribution in [0.3, 0.4) is 0 Å². The molecule has 6 rings (SSSR count). The van der Waals surface area contributed by atoms with E-state index in [0.29, 0.717) is 36.9 Å². The first kappa shape index (κ1) is 25.1. The van der Waals surface area contributed by atoms with Crippen molar-refractivity contribution < 1.29 is 14.1 Å². The van der Waals surface area contributed by atoms with Crippen LogP contribution >= 0.6 is 11.3 Å². The van der Waals surface area contributed by atoms with Crippen molar-refractivity contribution in [3.8, 4) is 28.3 Å². The lowest BCUT2D eigenvalue weighted by Gasteiger charge is -2.31. The summed E-state index contributed by atoms with van der Waals surface area (Å²) in [5, 5.41) is 7.51. The molecule has 0 radical (unpaired) electrons. The number of piperidine rings is 1. The average molecular weight is 536 g/mol. The number of amides is 1. The van der Waals surface area contributed by atoms with Gasteiger partial charge in [-0.15, -0.1) is 11.3 Å². The van der Waals surface area contributed by atoms with Crippen molar-refractivity contribution in [2.24, 2.45) is 0 Å². The Morgan fingerprint density at radius 1 is 0.974 bits per heavy atom. The molecule has 39 heavy (non-hydrogen) atoms. The van der Waals surface area contributed by atoms with E-state index >= 15 is 0 Å². The quantitative estimate of drug-likeness (QED) is 0.218. The predicted molar refractivity (Wildman–Crippen MR) is 153 cm³/mol. The van der Waals surface area contributed by atoms with E-state index in [2.05, 4.69) is 10.5 Å². The number of rotatable bonds is 7. The minimum absolute atomic E-state index is 0.0181. The first-order valence-electron chi connectivity index (χ1n) is 13.2. The highest BCUT2D eigenvalue weighted by molar-refractivity contribution is 7.10. The molecule has 3 aromatic carbocycles. The van der Waals surface area contributed by atoms with E-state index in [1.54, 1.807) is 11.3 Å². The molecule has 1 saturated heterocycles. The van der Waals surface area contributed by atoms with Crippen LogP contribution in [0.5, 0.6) is 5.75 Å². The van der Waals surface area contributed by atoms with Gasteiger partial charge in [-0.1, -0.05) is 78.0 Å². The summed E-state index contributed by atoms with van der Waals surface area (Å²) < 4.78 is 11.6. The molecule has 5 aromatic rings. The SMILES string of the molecule is Cc1onc(-c2ccccc2)c1-c1csc(C2CCN(C(=O)c3ccccc3OCc3ccccc3)CC2)n1. The van der Waals surface area contributed by atoms with Crippen molar-refractivity contribution in [3.05, 3.63) is 112 Å². The summed E-state index contributed by atoms with van der Waals surface area (Å²) in [4.78, 5) is 20.4. The number of benzene rings is 3. The number of hydrogen-bond donors (Lipinski definition) is 0. The molecule has 0 saturated carbocycles. The predicted octanol–water partition coefficient (Wildman–Crippen LogP) is 7.37. The Balaban J connectivity index is 1.12. The van der Waals surface area contributed by atoms with Gasteiger partial charge < -0.3 is 14.2 Å². The zero-order valence-electron chi connectivity index (χ0n) is 21.7. The standard InChI is InChI=1S/C32H29N3O3S/c1-22-29(30(34-38-22)24-12-6-3-7-13-24)27-21-39-31(33-27)25-16-18-35(19-17-25)32(36)26-14-8-9-15-28(26)37-20-23-10-4-2-5-11-23/h2-15,21,25H,16-20H2,1H3. The molecule has 1 aliphatic heterocycles. The van der Waals surface area contributed by atoms with Gasteiger partial charge in [0, 0.05) is 30.0 Å². The Morgan fingerprint density at radius 2 is 1.67 bits per heavy atom. The van der Waals surface area contributed by atoms with E-state index in [1.807, 2.05) is 96.8 Å². The van der Waals surface area contributed by atoms with Gasteiger partial charge in [0.2, 0.25) is 0 Å². The number of carbonyl (C=O) groups is 1. The monoisotopic (exact) mass is 535 g/mol. The molecular formula is C32H29N3O3S. The zero-order chi connectivity index (χ0) is 26.6. The van der Waals surface area contributed by atoms with Crippen molar-refractivity contribution in [1.29, 1.82) is 0 Å². The minimum Gasteiger partial charge on any atom is -0.488 e. The van der Waals surface area contributed by atoms with Gasteiger partial charge >= 0.3 is 0 Å². The maximum atomic E-state index is 13.5. The van der Waals surface area contributed by atoms with Crippen LogP contribution in [0.2, 0.25) is 0 Å². The molecule has 0 unspecified atom stereocenters. The zero-order valence-corrected chi connectivity index (χ0v) is 22.6. The van der Waals surface area contributed by atoms with Gasteiger partial charge in [-0.05, 0) is 37.5 Å². The minimum atomic E-state index is 0.0181. The normalized spacial score (nSPS) is 13.9. The Morgan fingerprint density at radius 3 is 2.44 bits per heavy atom.